The Hall–Kier alpha value is -3.93. The molecular formula is C24H20N2O4. The van der Waals surface area contributed by atoms with Crippen LogP contribution in [0.4, 0.5) is 5.69 Å². The topological polar surface area (TPSA) is 83.7 Å². The fourth-order valence-corrected chi connectivity index (χ4v) is 3.61. The highest BCUT2D eigenvalue weighted by Gasteiger charge is 2.31. The van der Waals surface area contributed by atoms with Crippen molar-refractivity contribution in [1.82, 2.24) is 0 Å². The summed E-state index contributed by atoms with van der Waals surface area (Å²) in [6.45, 7) is 0.414. The number of fused-ring (bicyclic) bond motifs is 1. The number of hydrogen-bond acceptors (Lipinski definition) is 4. The molecule has 0 aromatic heterocycles. The van der Waals surface area contributed by atoms with Crippen LogP contribution >= 0.6 is 0 Å². The number of anilines is 1. The molecule has 0 radical (unpaired) electrons. The predicted molar refractivity (Wildman–Crippen MR) is 115 cm³/mol. The molecule has 1 N–H and O–H groups in total. The van der Waals surface area contributed by atoms with Crippen molar-refractivity contribution in [1.29, 1.82) is 0 Å². The monoisotopic (exact) mass is 400 g/mol. The average Bonchev–Trinajstić information content (AvgIpc) is 3.01. The summed E-state index contributed by atoms with van der Waals surface area (Å²) in [7, 11) is 0. The average molecular weight is 400 g/mol. The number of allylic oxidation sites excluding steroid dienone is 6. The van der Waals surface area contributed by atoms with Gasteiger partial charge in [0.15, 0.2) is 0 Å². The first-order valence-electron chi connectivity index (χ1n) is 9.63. The number of rotatable bonds is 5. The molecule has 2 aromatic rings. The Labute approximate surface area is 173 Å². The van der Waals surface area contributed by atoms with Gasteiger partial charge in [-0.1, -0.05) is 48.6 Å². The van der Waals surface area contributed by atoms with Gasteiger partial charge in [-0.3, -0.25) is 14.9 Å². The number of para-hydroxylation sites is 1. The molecule has 1 aliphatic carbocycles. The van der Waals surface area contributed by atoms with Gasteiger partial charge in [0.2, 0.25) is 0 Å². The number of phenolic OH excluding ortho intramolecular Hbond substituents is 1. The smallest absolute Gasteiger partial charge is 0.265 e. The predicted octanol–water partition coefficient (Wildman–Crippen LogP) is 4.62. The van der Waals surface area contributed by atoms with E-state index in [0.717, 1.165) is 16.8 Å². The summed E-state index contributed by atoms with van der Waals surface area (Å²) in [6, 6.07) is 14.5. The van der Waals surface area contributed by atoms with Crippen LogP contribution in [0.25, 0.3) is 5.57 Å². The normalized spacial score (nSPS) is 19.4. The SMILES string of the molecule is O=C1/C(=C\C=C\C2C=CC([N+](=O)[O-])=CC2)c2ccccc2N1Cc1ccc(O)cc1. The molecule has 1 unspecified atom stereocenters. The summed E-state index contributed by atoms with van der Waals surface area (Å²) < 4.78 is 0. The van der Waals surface area contributed by atoms with Crippen molar-refractivity contribution in [3.8, 4) is 5.75 Å². The van der Waals surface area contributed by atoms with Gasteiger partial charge in [0, 0.05) is 17.2 Å². The van der Waals surface area contributed by atoms with Crippen LogP contribution in [-0.4, -0.2) is 15.9 Å². The largest absolute Gasteiger partial charge is 0.508 e. The summed E-state index contributed by atoms with van der Waals surface area (Å²) >= 11 is 0. The molecule has 4 rings (SSSR count). The van der Waals surface area contributed by atoms with Crippen LogP contribution in [0, 0.1) is 16.0 Å². The summed E-state index contributed by atoms with van der Waals surface area (Å²) in [5.74, 6) is 0.170. The van der Waals surface area contributed by atoms with E-state index >= 15 is 0 Å². The first-order chi connectivity index (χ1) is 14.5. The quantitative estimate of drug-likeness (QED) is 0.451. The van der Waals surface area contributed by atoms with Crippen LogP contribution in [0.1, 0.15) is 17.5 Å². The number of hydrogen-bond donors (Lipinski definition) is 1. The number of aromatic hydroxyl groups is 1. The van der Waals surface area contributed by atoms with Crippen molar-refractivity contribution in [2.75, 3.05) is 4.90 Å². The molecule has 1 heterocycles. The third kappa shape index (κ3) is 3.93. The molecule has 0 saturated carbocycles. The van der Waals surface area contributed by atoms with Crippen molar-refractivity contribution in [3.63, 3.8) is 0 Å². The molecule has 2 aromatic carbocycles. The first kappa shape index (κ1) is 19.4. The Bertz CT molecular complexity index is 1110. The molecule has 1 amide bonds. The Kier molecular flexibility index (Phi) is 5.30. The second kappa shape index (κ2) is 8.21. The highest BCUT2D eigenvalue weighted by molar-refractivity contribution is 6.32. The van der Waals surface area contributed by atoms with Crippen LogP contribution in [0.2, 0.25) is 0 Å². The third-order valence-corrected chi connectivity index (χ3v) is 5.18. The fraction of sp³-hybridized carbons (Fsp3) is 0.125. The van der Waals surface area contributed by atoms with Gasteiger partial charge < -0.3 is 10.0 Å². The van der Waals surface area contributed by atoms with E-state index in [2.05, 4.69) is 0 Å². The molecule has 0 saturated heterocycles. The lowest BCUT2D eigenvalue weighted by Crippen LogP contribution is -2.25. The Morgan fingerprint density at radius 3 is 2.63 bits per heavy atom. The number of nitro groups is 1. The van der Waals surface area contributed by atoms with Crippen LogP contribution < -0.4 is 4.90 Å². The minimum Gasteiger partial charge on any atom is -0.508 e. The van der Waals surface area contributed by atoms with E-state index in [-0.39, 0.29) is 23.3 Å². The lowest BCUT2D eigenvalue weighted by molar-refractivity contribution is -0.419. The second-order valence-corrected chi connectivity index (χ2v) is 7.18. The van der Waals surface area contributed by atoms with E-state index in [1.54, 1.807) is 47.4 Å². The molecule has 6 heteroatoms. The van der Waals surface area contributed by atoms with Gasteiger partial charge in [-0.25, -0.2) is 0 Å². The zero-order valence-electron chi connectivity index (χ0n) is 16.1. The van der Waals surface area contributed by atoms with Crippen molar-refractivity contribution in [2.24, 2.45) is 5.92 Å². The van der Waals surface area contributed by atoms with E-state index in [9.17, 15) is 20.0 Å². The standard InChI is InChI=1S/C24H20N2O4/c27-20-14-10-18(11-15-20)16-25-23-7-2-1-5-21(23)22(24(25)28)6-3-4-17-8-12-19(13-9-17)26(29)30/h1-8,10-15,17,27H,9,16H2/b4-3+,22-6-. The van der Waals surface area contributed by atoms with Crippen molar-refractivity contribution < 1.29 is 14.8 Å². The summed E-state index contributed by atoms with van der Waals surface area (Å²) in [6.07, 6.45) is 11.1. The fourth-order valence-electron chi connectivity index (χ4n) is 3.61. The Morgan fingerprint density at radius 1 is 1.17 bits per heavy atom. The van der Waals surface area contributed by atoms with E-state index in [0.29, 0.717) is 18.5 Å². The maximum Gasteiger partial charge on any atom is 0.265 e. The third-order valence-electron chi connectivity index (χ3n) is 5.18. The van der Waals surface area contributed by atoms with Crippen LogP contribution in [0.5, 0.6) is 5.75 Å². The van der Waals surface area contributed by atoms with Crippen molar-refractivity contribution >= 4 is 17.2 Å². The van der Waals surface area contributed by atoms with Gasteiger partial charge in [0.1, 0.15) is 5.75 Å². The number of nitrogens with zero attached hydrogens (tertiary/aromatic N) is 2. The summed E-state index contributed by atoms with van der Waals surface area (Å²) in [5, 5.41) is 20.3. The van der Waals surface area contributed by atoms with Crippen LogP contribution in [-0.2, 0) is 11.3 Å². The molecule has 30 heavy (non-hydrogen) atoms. The van der Waals surface area contributed by atoms with E-state index in [1.165, 1.54) is 6.08 Å². The minimum absolute atomic E-state index is 0.0606. The van der Waals surface area contributed by atoms with Gasteiger partial charge in [0.25, 0.3) is 11.6 Å². The number of benzene rings is 2. The van der Waals surface area contributed by atoms with Gasteiger partial charge >= 0.3 is 0 Å². The lowest BCUT2D eigenvalue weighted by Gasteiger charge is -2.17. The maximum atomic E-state index is 13.1. The summed E-state index contributed by atoms with van der Waals surface area (Å²) in [5.41, 5.74) is 3.38. The number of carbonyl (C=O) groups is 1. The van der Waals surface area contributed by atoms with Gasteiger partial charge in [-0.15, -0.1) is 0 Å². The van der Waals surface area contributed by atoms with Gasteiger partial charge in [-0.05, 0) is 48.3 Å². The number of amides is 1. The molecule has 6 nitrogen and oxygen atoms in total. The second-order valence-electron chi connectivity index (χ2n) is 7.18. The maximum absolute atomic E-state index is 13.1. The number of phenols is 1. The lowest BCUT2D eigenvalue weighted by atomic mass is 9.98. The molecule has 0 bridgehead atoms. The van der Waals surface area contributed by atoms with Crippen LogP contribution in [0.3, 0.4) is 0 Å². The first-order valence-corrected chi connectivity index (χ1v) is 9.63. The molecule has 150 valence electrons. The molecule has 0 fully saturated rings. The van der Waals surface area contributed by atoms with Gasteiger partial charge in [0.05, 0.1) is 17.2 Å². The molecule has 0 spiro atoms. The Balaban J connectivity index is 1.54. The summed E-state index contributed by atoms with van der Waals surface area (Å²) in [4.78, 5) is 25.2. The minimum atomic E-state index is -0.394. The number of carbonyl (C=O) groups excluding carboxylic acids is 1. The van der Waals surface area contributed by atoms with E-state index < -0.39 is 4.92 Å². The van der Waals surface area contributed by atoms with Gasteiger partial charge in [-0.2, -0.15) is 0 Å². The van der Waals surface area contributed by atoms with Crippen molar-refractivity contribution in [2.45, 2.75) is 13.0 Å². The highest BCUT2D eigenvalue weighted by Crippen LogP contribution is 2.37. The highest BCUT2D eigenvalue weighted by atomic mass is 16.6. The molecule has 1 atom stereocenters. The Morgan fingerprint density at radius 2 is 1.93 bits per heavy atom. The zero-order valence-corrected chi connectivity index (χ0v) is 16.1. The molecule has 1 aliphatic heterocycles. The molecular weight excluding hydrogens is 380 g/mol. The zero-order chi connectivity index (χ0) is 21.1. The molecule has 2 aliphatic rings. The van der Waals surface area contributed by atoms with E-state index in [1.807, 2.05) is 36.4 Å². The van der Waals surface area contributed by atoms with Crippen LogP contribution in [0.15, 0.2) is 90.7 Å². The van der Waals surface area contributed by atoms with Crippen molar-refractivity contribution in [3.05, 3.63) is 112 Å². The van der Waals surface area contributed by atoms with E-state index in [4.69, 9.17) is 0 Å².